The number of ether oxygens (including phenoxy) is 2. The molecule has 0 bridgehead atoms. The second kappa shape index (κ2) is 4.84. The molecule has 0 aromatic rings. The Morgan fingerprint density at radius 2 is 2.24 bits per heavy atom. The maximum absolute atomic E-state index is 5.73. The van der Waals surface area contributed by atoms with Gasteiger partial charge in [-0.25, -0.2) is 0 Å². The smallest absolute Gasteiger partial charge is 0.106 e. The van der Waals surface area contributed by atoms with Crippen molar-refractivity contribution in [1.29, 1.82) is 0 Å². The Labute approximate surface area is 105 Å². The Morgan fingerprint density at radius 1 is 1.47 bits per heavy atom. The van der Waals surface area contributed by atoms with Crippen molar-refractivity contribution in [3.05, 3.63) is 0 Å². The van der Waals surface area contributed by atoms with Crippen LogP contribution >= 0.6 is 0 Å². The van der Waals surface area contributed by atoms with Gasteiger partial charge >= 0.3 is 0 Å². The first kappa shape index (κ1) is 13.3. The summed E-state index contributed by atoms with van der Waals surface area (Å²) < 4.78 is 11.2. The van der Waals surface area contributed by atoms with Gasteiger partial charge in [-0.15, -0.1) is 0 Å². The minimum Gasteiger partial charge on any atom is -0.378 e. The highest BCUT2D eigenvalue weighted by molar-refractivity contribution is 4.96. The molecule has 100 valence electrons. The van der Waals surface area contributed by atoms with E-state index >= 15 is 0 Å². The monoisotopic (exact) mass is 242 g/mol. The van der Waals surface area contributed by atoms with Crippen LogP contribution in [0.5, 0.6) is 0 Å². The molecule has 2 unspecified atom stereocenters. The van der Waals surface area contributed by atoms with Crippen LogP contribution in [0.1, 0.15) is 27.2 Å². The zero-order chi connectivity index (χ0) is 12.5. The minimum atomic E-state index is -0.0817. The summed E-state index contributed by atoms with van der Waals surface area (Å²) in [6.45, 7) is 11.5. The molecule has 2 heterocycles. The lowest BCUT2D eigenvalue weighted by Crippen LogP contribution is -2.63. The molecule has 0 aliphatic carbocycles. The number of hydrogen-bond acceptors (Lipinski definition) is 4. The van der Waals surface area contributed by atoms with E-state index in [1.54, 1.807) is 0 Å². The van der Waals surface area contributed by atoms with Crippen LogP contribution < -0.4 is 5.32 Å². The third-order valence-corrected chi connectivity index (χ3v) is 4.09. The molecule has 0 amide bonds. The molecule has 17 heavy (non-hydrogen) atoms. The Hall–Kier alpha value is -0.160. The van der Waals surface area contributed by atoms with Crippen LogP contribution in [0.2, 0.25) is 0 Å². The summed E-state index contributed by atoms with van der Waals surface area (Å²) in [5.41, 5.74) is 0.114. The van der Waals surface area contributed by atoms with E-state index in [9.17, 15) is 0 Å². The molecule has 0 radical (unpaired) electrons. The summed E-state index contributed by atoms with van der Waals surface area (Å²) in [6, 6.07) is 0.565. The molecule has 0 aromatic heterocycles. The zero-order valence-corrected chi connectivity index (χ0v) is 11.6. The molecule has 1 N–H and O–H groups in total. The van der Waals surface area contributed by atoms with Crippen LogP contribution in [0.4, 0.5) is 0 Å². The molecule has 2 atom stereocenters. The predicted octanol–water partition coefficient (Wildman–Crippen LogP) is 0.864. The first-order chi connectivity index (χ1) is 7.96. The van der Waals surface area contributed by atoms with Gasteiger partial charge in [-0.1, -0.05) is 0 Å². The number of hydrogen-bond donors (Lipinski definition) is 1. The van der Waals surface area contributed by atoms with E-state index in [0.717, 1.165) is 39.3 Å². The average molecular weight is 242 g/mol. The highest BCUT2D eigenvalue weighted by Gasteiger charge is 2.40. The van der Waals surface area contributed by atoms with Crippen LogP contribution in [0.25, 0.3) is 0 Å². The van der Waals surface area contributed by atoms with E-state index < -0.39 is 0 Å². The fourth-order valence-corrected chi connectivity index (χ4v) is 2.79. The van der Waals surface area contributed by atoms with Crippen molar-refractivity contribution in [1.82, 2.24) is 10.2 Å². The quantitative estimate of drug-likeness (QED) is 0.796. The second-order valence-electron chi connectivity index (χ2n) is 6.21. The summed E-state index contributed by atoms with van der Waals surface area (Å²) in [7, 11) is 1.81. The van der Waals surface area contributed by atoms with E-state index in [2.05, 4.69) is 31.0 Å². The molecule has 0 aromatic carbocycles. The number of methoxy groups -OCH3 is 1. The first-order valence-corrected chi connectivity index (χ1v) is 6.58. The number of piperazine rings is 1. The van der Waals surface area contributed by atoms with Gasteiger partial charge in [0.1, 0.15) is 5.60 Å². The Bertz CT molecular complexity index is 262. The van der Waals surface area contributed by atoms with Crippen molar-refractivity contribution in [2.75, 3.05) is 40.0 Å². The van der Waals surface area contributed by atoms with Crippen molar-refractivity contribution in [2.24, 2.45) is 0 Å². The molecular weight excluding hydrogens is 216 g/mol. The molecular formula is C13H26N2O2. The van der Waals surface area contributed by atoms with Crippen molar-refractivity contribution in [3.63, 3.8) is 0 Å². The van der Waals surface area contributed by atoms with Crippen molar-refractivity contribution in [3.8, 4) is 0 Å². The van der Waals surface area contributed by atoms with Gasteiger partial charge in [-0.3, -0.25) is 4.90 Å². The maximum Gasteiger partial charge on any atom is 0.106 e. The average Bonchev–Trinajstić information content (AvgIpc) is 2.73. The van der Waals surface area contributed by atoms with Crippen LogP contribution in [0, 0.1) is 0 Å². The van der Waals surface area contributed by atoms with Gasteiger partial charge in [0.2, 0.25) is 0 Å². The number of rotatable bonds is 3. The topological polar surface area (TPSA) is 33.7 Å². The summed E-state index contributed by atoms with van der Waals surface area (Å²) in [5, 5.41) is 3.58. The lowest BCUT2D eigenvalue weighted by Gasteiger charge is -2.46. The van der Waals surface area contributed by atoms with E-state index in [1.165, 1.54) is 0 Å². The van der Waals surface area contributed by atoms with E-state index in [1.807, 2.05) is 7.11 Å². The first-order valence-electron chi connectivity index (χ1n) is 6.58. The summed E-state index contributed by atoms with van der Waals surface area (Å²) in [6.07, 6.45) is 1.01. The van der Waals surface area contributed by atoms with E-state index in [-0.39, 0.29) is 11.1 Å². The molecule has 2 fully saturated rings. The van der Waals surface area contributed by atoms with Gasteiger partial charge in [-0.2, -0.15) is 0 Å². The van der Waals surface area contributed by atoms with Crippen LogP contribution in [-0.2, 0) is 9.47 Å². The Balaban J connectivity index is 2.00. The van der Waals surface area contributed by atoms with E-state index in [4.69, 9.17) is 9.47 Å². The normalized spacial score (nSPS) is 38.5. The molecule has 2 rings (SSSR count). The summed E-state index contributed by atoms with van der Waals surface area (Å²) >= 11 is 0. The van der Waals surface area contributed by atoms with Gasteiger partial charge in [0.25, 0.3) is 0 Å². The van der Waals surface area contributed by atoms with Crippen molar-refractivity contribution in [2.45, 2.75) is 44.4 Å². The predicted molar refractivity (Wildman–Crippen MR) is 68.3 cm³/mol. The van der Waals surface area contributed by atoms with Crippen molar-refractivity contribution >= 4 is 0 Å². The molecule has 4 nitrogen and oxygen atoms in total. The lowest BCUT2D eigenvalue weighted by atomic mass is 9.95. The standard InChI is InChI=1S/C13H26N2O2/c1-11-7-14-12(2,3)8-15(11)9-13(16-4)5-6-17-10-13/h11,14H,5-10H2,1-4H3. The SMILES string of the molecule is COC1(CN2CC(C)(C)NCC2C)CCOC1. The van der Waals surface area contributed by atoms with Crippen LogP contribution in [0.15, 0.2) is 0 Å². The zero-order valence-electron chi connectivity index (χ0n) is 11.6. The van der Waals surface area contributed by atoms with Crippen molar-refractivity contribution < 1.29 is 9.47 Å². The fraction of sp³-hybridized carbons (Fsp3) is 1.00. The summed E-state index contributed by atoms with van der Waals surface area (Å²) in [4.78, 5) is 2.54. The second-order valence-corrected chi connectivity index (χ2v) is 6.21. The molecule has 4 heteroatoms. The van der Waals surface area contributed by atoms with Crippen LogP contribution in [-0.4, -0.2) is 62.0 Å². The molecule has 2 aliphatic heterocycles. The van der Waals surface area contributed by atoms with Crippen LogP contribution in [0.3, 0.4) is 0 Å². The van der Waals surface area contributed by atoms with Gasteiger partial charge < -0.3 is 14.8 Å². The van der Waals surface area contributed by atoms with Gasteiger partial charge in [0.15, 0.2) is 0 Å². The molecule has 2 aliphatic rings. The fourth-order valence-electron chi connectivity index (χ4n) is 2.79. The highest BCUT2D eigenvalue weighted by atomic mass is 16.5. The largest absolute Gasteiger partial charge is 0.378 e. The molecule has 0 spiro atoms. The highest BCUT2D eigenvalue weighted by Crippen LogP contribution is 2.26. The molecule has 0 saturated carbocycles. The lowest BCUT2D eigenvalue weighted by molar-refractivity contribution is -0.0576. The van der Waals surface area contributed by atoms with Gasteiger partial charge in [-0.05, 0) is 20.8 Å². The third kappa shape index (κ3) is 2.99. The third-order valence-electron chi connectivity index (χ3n) is 4.09. The number of nitrogens with zero attached hydrogens (tertiary/aromatic N) is 1. The Morgan fingerprint density at radius 3 is 2.82 bits per heavy atom. The molecule has 2 saturated heterocycles. The summed E-state index contributed by atoms with van der Waals surface area (Å²) in [5.74, 6) is 0. The number of nitrogens with one attached hydrogen (secondary N) is 1. The minimum absolute atomic E-state index is 0.0817. The van der Waals surface area contributed by atoms with E-state index in [0.29, 0.717) is 6.04 Å². The maximum atomic E-state index is 5.73. The Kier molecular flexibility index (Phi) is 3.78. The van der Waals surface area contributed by atoms with Gasteiger partial charge in [0, 0.05) is 51.4 Å². The van der Waals surface area contributed by atoms with Gasteiger partial charge in [0.05, 0.1) is 6.61 Å².